The van der Waals surface area contributed by atoms with Crippen molar-refractivity contribution in [2.45, 2.75) is 24.7 Å². The molecule has 186 valence electrons. The molecule has 1 aromatic carbocycles. The summed E-state index contributed by atoms with van der Waals surface area (Å²) >= 11 is 0. The molecule has 4 heterocycles. The van der Waals surface area contributed by atoms with Crippen molar-refractivity contribution < 1.29 is 13.2 Å². The average molecular weight is 499 g/mol. The lowest BCUT2D eigenvalue weighted by Crippen LogP contribution is -2.49. The highest BCUT2D eigenvalue weighted by molar-refractivity contribution is 7.89. The SMILES string of the molecule is Cc1cc(N2CCN(C(=O)c3cc(S(=O)(=O)N(C)C)ccc3N3CCCC3)CC2)n2ncnc2n1. The zero-order chi connectivity index (χ0) is 24.7. The molecular weight excluding hydrogens is 468 g/mol. The van der Waals surface area contributed by atoms with Gasteiger partial charge < -0.3 is 14.7 Å². The third-order valence-corrected chi connectivity index (χ3v) is 8.49. The van der Waals surface area contributed by atoms with Gasteiger partial charge in [0.05, 0.1) is 10.5 Å². The Morgan fingerprint density at radius 2 is 1.69 bits per heavy atom. The number of hydrogen-bond donors (Lipinski definition) is 0. The summed E-state index contributed by atoms with van der Waals surface area (Å²) < 4.78 is 28.5. The van der Waals surface area contributed by atoms with Crippen molar-refractivity contribution in [2.75, 3.05) is 63.2 Å². The maximum Gasteiger partial charge on any atom is 0.256 e. The Morgan fingerprint density at radius 1 is 0.971 bits per heavy atom. The standard InChI is InChI=1S/C23H30N8O3S/c1-17-14-21(31-23(26-17)24-16-25-31)29-10-12-30(13-11-29)22(32)19-15-18(35(33,34)27(2)3)6-7-20(19)28-8-4-5-9-28/h6-7,14-16H,4-5,8-13H2,1-3H3. The van der Waals surface area contributed by atoms with Gasteiger partial charge in [0.1, 0.15) is 12.1 Å². The van der Waals surface area contributed by atoms with Crippen molar-refractivity contribution in [1.29, 1.82) is 0 Å². The van der Waals surface area contributed by atoms with Crippen molar-refractivity contribution >= 4 is 33.2 Å². The van der Waals surface area contributed by atoms with Gasteiger partial charge in [-0.25, -0.2) is 17.7 Å². The Kier molecular flexibility index (Phi) is 6.09. The van der Waals surface area contributed by atoms with E-state index in [-0.39, 0.29) is 10.8 Å². The lowest BCUT2D eigenvalue weighted by Gasteiger charge is -2.36. The minimum atomic E-state index is -3.65. The first-order chi connectivity index (χ1) is 16.8. The first kappa shape index (κ1) is 23.5. The Bertz CT molecular complexity index is 1360. The fourth-order valence-corrected chi connectivity index (χ4v) is 5.67. The largest absolute Gasteiger partial charge is 0.371 e. The minimum absolute atomic E-state index is 0.133. The first-order valence-electron chi connectivity index (χ1n) is 11.8. The molecule has 2 aromatic heterocycles. The van der Waals surface area contributed by atoms with Crippen LogP contribution < -0.4 is 9.80 Å². The van der Waals surface area contributed by atoms with E-state index < -0.39 is 10.0 Å². The number of piperazine rings is 1. The quantitative estimate of drug-likeness (QED) is 0.517. The topological polar surface area (TPSA) is 107 Å². The van der Waals surface area contributed by atoms with Crippen LogP contribution in [-0.2, 0) is 10.0 Å². The predicted molar refractivity (Wildman–Crippen MR) is 132 cm³/mol. The van der Waals surface area contributed by atoms with Crippen LogP contribution in [0.5, 0.6) is 0 Å². The van der Waals surface area contributed by atoms with Crippen molar-refractivity contribution in [3.05, 3.63) is 41.9 Å². The highest BCUT2D eigenvalue weighted by atomic mass is 32.2. The molecule has 2 aliphatic rings. The number of anilines is 2. The van der Waals surface area contributed by atoms with E-state index in [4.69, 9.17) is 0 Å². The van der Waals surface area contributed by atoms with Crippen LogP contribution >= 0.6 is 0 Å². The lowest BCUT2D eigenvalue weighted by molar-refractivity contribution is 0.0746. The van der Waals surface area contributed by atoms with Crippen molar-refractivity contribution in [2.24, 2.45) is 0 Å². The van der Waals surface area contributed by atoms with Gasteiger partial charge in [0, 0.05) is 70.8 Å². The van der Waals surface area contributed by atoms with E-state index in [1.165, 1.54) is 24.7 Å². The van der Waals surface area contributed by atoms with Crippen LogP contribution in [0.1, 0.15) is 28.9 Å². The molecule has 0 saturated carbocycles. The van der Waals surface area contributed by atoms with Gasteiger partial charge in [-0.1, -0.05) is 0 Å². The second-order valence-corrected chi connectivity index (χ2v) is 11.3. The molecule has 2 fully saturated rings. The fraction of sp³-hybridized carbons (Fsp3) is 0.478. The smallest absolute Gasteiger partial charge is 0.256 e. The van der Waals surface area contributed by atoms with Crippen molar-refractivity contribution in [1.82, 2.24) is 28.8 Å². The molecule has 11 nitrogen and oxygen atoms in total. The minimum Gasteiger partial charge on any atom is -0.371 e. The van der Waals surface area contributed by atoms with Crippen LogP contribution in [0.15, 0.2) is 35.5 Å². The normalized spacial score (nSPS) is 17.1. The number of carbonyl (C=O) groups excluding carboxylic acids is 1. The average Bonchev–Trinajstić information content (AvgIpc) is 3.55. The van der Waals surface area contributed by atoms with E-state index in [9.17, 15) is 13.2 Å². The molecule has 12 heteroatoms. The highest BCUT2D eigenvalue weighted by Gasteiger charge is 2.29. The second-order valence-electron chi connectivity index (χ2n) is 9.17. The number of fused-ring (bicyclic) bond motifs is 1. The van der Waals surface area contributed by atoms with E-state index in [2.05, 4.69) is 24.9 Å². The van der Waals surface area contributed by atoms with Gasteiger partial charge in [-0.2, -0.15) is 14.6 Å². The third-order valence-electron chi connectivity index (χ3n) is 6.68. The zero-order valence-corrected chi connectivity index (χ0v) is 21.1. The van der Waals surface area contributed by atoms with Crippen molar-refractivity contribution in [3.8, 4) is 0 Å². The number of aromatic nitrogens is 4. The summed E-state index contributed by atoms with van der Waals surface area (Å²) in [5, 5.41) is 4.29. The Hall–Kier alpha value is -3.25. The molecule has 0 bridgehead atoms. The Balaban J connectivity index is 1.41. The molecule has 0 spiro atoms. The number of rotatable bonds is 5. The van der Waals surface area contributed by atoms with Gasteiger partial charge in [-0.15, -0.1) is 0 Å². The van der Waals surface area contributed by atoms with E-state index in [0.29, 0.717) is 37.5 Å². The number of amides is 1. The van der Waals surface area contributed by atoms with E-state index >= 15 is 0 Å². The molecule has 1 amide bonds. The molecule has 0 radical (unpaired) electrons. The van der Waals surface area contributed by atoms with Gasteiger partial charge in [0.15, 0.2) is 0 Å². The first-order valence-corrected chi connectivity index (χ1v) is 13.2. The Morgan fingerprint density at radius 3 is 2.37 bits per heavy atom. The van der Waals surface area contributed by atoms with E-state index in [1.807, 2.05) is 17.9 Å². The molecule has 0 N–H and O–H groups in total. The molecule has 2 saturated heterocycles. The van der Waals surface area contributed by atoms with Gasteiger partial charge in [-0.05, 0) is 38.0 Å². The lowest BCUT2D eigenvalue weighted by atomic mass is 10.1. The maximum atomic E-state index is 13.7. The molecule has 0 unspecified atom stereocenters. The van der Waals surface area contributed by atoms with E-state index in [0.717, 1.165) is 43.1 Å². The third kappa shape index (κ3) is 4.31. The summed E-state index contributed by atoms with van der Waals surface area (Å²) in [6.45, 7) is 5.93. The van der Waals surface area contributed by atoms with Crippen LogP contribution in [0.2, 0.25) is 0 Å². The van der Waals surface area contributed by atoms with Crippen molar-refractivity contribution in [3.63, 3.8) is 0 Å². The zero-order valence-electron chi connectivity index (χ0n) is 20.3. The number of carbonyl (C=O) groups is 1. The summed E-state index contributed by atoms with van der Waals surface area (Å²) in [5.41, 5.74) is 2.11. The molecular formula is C23H30N8O3S. The molecule has 2 aliphatic heterocycles. The fourth-order valence-electron chi connectivity index (χ4n) is 4.74. The maximum absolute atomic E-state index is 13.7. The van der Waals surface area contributed by atoms with Gasteiger partial charge in [0.2, 0.25) is 10.0 Å². The Labute approximate surface area is 205 Å². The monoisotopic (exact) mass is 498 g/mol. The van der Waals surface area contributed by atoms with Gasteiger partial charge >= 0.3 is 0 Å². The number of hydrogen-bond acceptors (Lipinski definition) is 8. The molecule has 3 aromatic rings. The predicted octanol–water partition coefficient (Wildman–Crippen LogP) is 1.25. The summed E-state index contributed by atoms with van der Waals surface area (Å²) in [4.78, 5) is 28.6. The molecule has 5 rings (SSSR count). The van der Waals surface area contributed by atoms with Crippen LogP contribution in [-0.4, -0.2) is 96.5 Å². The number of sulfonamides is 1. The second kappa shape index (κ2) is 9.08. The molecule has 0 aliphatic carbocycles. The van der Waals surface area contributed by atoms with Crippen LogP contribution in [0.25, 0.3) is 5.78 Å². The summed E-state index contributed by atoms with van der Waals surface area (Å²) in [7, 11) is -0.659. The van der Waals surface area contributed by atoms with Crippen LogP contribution in [0.3, 0.4) is 0 Å². The molecule has 35 heavy (non-hydrogen) atoms. The van der Waals surface area contributed by atoms with Crippen LogP contribution in [0, 0.1) is 6.92 Å². The molecule has 0 atom stereocenters. The number of aryl methyl sites for hydroxylation is 1. The van der Waals surface area contributed by atoms with Gasteiger partial charge in [-0.3, -0.25) is 4.79 Å². The van der Waals surface area contributed by atoms with Crippen LogP contribution in [0.4, 0.5) is 11.5 Å². The number of benzene rings is 1. The summed E-state index contributed by atoms with van der Waals surface area (Å²) in [6, 6.07) is 6.91. The summed E-state index contributed by atoms with van der Waals surface area (Å²) in [6.07, 6.45) is 3.61. The number of nitrogens with zero attached hydrogens (tertiary/aromatic N) is 8. The summed E-state index contributed by atoms with van der Waals surface area (Å²) in [5.74, 6) is 1.31. The van der Waals surface area contributed by atoms with E-state index in [1.54, 1.807) is 22.7 Å². The van der Waals surface area contributed by atoms with Gasteiger partial charge in [0.25, 0.3) is 11.7 Å². The highest BCUT2D eigenvalue weighted by Crippen LogP contribution is 2.30.